The molecule has 1 N–H and O–H groups in total. The zero-order valence-electron chi connectivity index (χ0n) is 13.9. The van der Waals surface area contributed by atoms with Gasteiger partial charge >= 0.3 is 21.7 Å². The summed E-state index contributed by atoms with van der Waals surface area (Å²) in [5, 5.41) is 0. The maximum atomic E-state index is 8.47. The Balaban J connectivity index is -0.0000000673. The van der Waals surface area contributed by atoms with Gasteiger partial charge in [0.1, 0.15) is 0 Å². The fourth-order valence-electron chi connectivity index (χ4n) is 1.69. The second kappa shape index (κ2) is 20.4. The van der Waals surface area contributed by atoms with E-state index in [2.05, 4.69) is 43.9 Å². The molecule has 1 amide bonds. The summed E-state index contributed by atoms with van der Waals surface area (Å²) in [5.74, 6) is 1.62. The minimum Gasteiger partial charge on any atom is -0.671 e. The number of allylic oxidation sites excluding steroid dienone is 6. The van der Waals surface area contributed by atoms with Gasteiger partial charge < -0.3 is 31.8 Å². The summed E-state index contributed by atoms with van der Waals surface area (Å²) < 4.78 is 0. The molecule has 4 heteroatoms. The Morgan fingerprint density at radius 3 is 1.95 bits per heavy atom. The van der Waals surface area contributed by atoms with Crippen molar-refractivity contribution in [3.63, 3.8) is 0 Å². The standard InChI is InChI=1S/C9H11.C6H10.CH3NO.2CH3.H4Si.Ti/c1-2-5-9-7-3-6-8(9)4-1;1-5(2)6(3)4;2-1-3;;;;/h1-2,4-6,8-9H,3,7H2;1,3H2,2,4H3;1H,(H2,2,3);2*1H3;1H4;/q-1;;;2*-1;;+4/p-1. The van der Waals surface area contributed by atoms with Crippen LogP contribution in [-0.4, -0.2) is 17.4 Å². The van der Waals surface area contributed by atoms with Gasteiger partial charge in [0.2, 0.25) is 0 Å². The first-order chi connectivity index (χ1) is 8.52. The molecule has 0 bridgehead atoms. The van der Waals surface area contributed by atoms with Crippen molar-refractivity contribution in [2.75, 3.05) is 0 Å². The number of hydrogen-bond acceptors (Lipinski definition) is 1. The molecule has 0 heterocycles. The molecule has 0 aromatic heterocycles. The number of hydrogen-bond donors (Lipinski definition) is 0. The van der Waals surface area contributed by atoms with Crippen molar-refractivity contribution in [2.24, 2.45) is 11.8 Å². The van der Waals surface area contributed by atoms with Crippen LogP contribution in [0.2, 0.25) is 0 Å². The first-order valence-electron chi connectivity index (χ1n) is 6.13. The van der Waals surface area contributed by atoms with Crippen LogP contribution < -0.4 is 0 Å². The predicted molar refractivity (Wildman–Crippen MR) is 103 cm³/mol. The van der Waals surface area contributed by atoms with E-state index in [1.54, 1.807) is 0 Å². The third-order valence-electron chi connectivity index (χ3n) is 2.96. The summed E-state index contributed by atoms with van der Waals surface area (Å²) in [6, 6.07) is 0. The van der Waals surface area contributed by atoms with Gasteiger partial charge in [-0.15, -0.1) is 12.0 Å². The van der Waals surface area contributed by atoms with Gasteiger partial charge in [-0.1, -0.05) is 49.0 Å². The Kier molecular flexibility index (Phi) is 30.6. The molecule has 0 aliphatic heterocycles. The monoisotopic (exact) mass is 355 g/mol. The average Bonchev–Trinajstić information content (AvgIpc) is 2.78. The molecule has 0 saturated heterocycles. The van der Waals surface area contributed by atoms with Gasteiger partial charge in [0.25, 0.3) is 0 Å². The minimum atomic E-state index is 0. The van der Waals surface area contributed by atoms with E-state index in [-0.39, 0.29) is 53.9 Å². The summed E-state index contributed by atoms with van der Waals surface area (Å²) in [7, 11) is 0. The number of carbonyl (C=O) groups is 1. The molecule has 2 nitrogen and oxygen atoms in total. The molecular weight excluding hydrogens is 322 g/mol. The molecule has 124 valence electrons. The third-order valence-corrected chi connectivity index (χ3v) is 2.96. The van der Waals surface area contributed by atoms with Crippen LogP contribution in [0.5, 0.6) is 0 Å². The smallest absolute Gasteiger partial charge is 0.671 e. The van der Waals surface area contributed by atoms with Gasteiger partial charge in [-0.3, -0.25) is 0 Å². The zero-order chi connectivity index (χ0) is 14.0. The maximum Gasteiger partial charge on any atom is 4.00 e. The SMILES string of the molecule is C1=CC2[CH-]CCC2C=C1.C=C(C)C(=C)C.[CH3-].[CH3-].[NH-]C=O.[SiH4].[Ti+4]. The number of carbonyl (C=O) groups excluding carboxylic acids is 1. The summed E-state index contributed by atoms with van der Waals surface area (Å²) in [6.45, 7) is 11.2. The fraction of sp³-hybridized carbons (Fsp3) is 0.333. The van der Waals surface area contributed by atoms with Crippen LogP contribution in [0, 0.1) is 33.1 Å². The van der Waals surface area contributed by atoms with Crippen LogP contribution in [-0.2, 0) is 26.5 Å². The van der Waals surface area contributed by atoms with Crippen LogP contribution in [0.25, 0.3) is 5.73 Å². The van der Waals surface area contributed by atoms with E-state index in [0.717, 1.165) is 23.0 Å². The Labute approximate surface area is 157 Å². The van der Waals surface area contributed by atoms with Crippen LogP contribution >= 0.6 is 0 Å². The maximum absolute atomic E-state index is 8.47. The van der Waals surface area contributed by atoms with Crippen LogP contribution in [0.4, 0.5) is 0 Å². The molecule has 2 atom stereocenters. The van der Waals surface area contributed by atoms with Crippen molar-refractivity contribution in [1.29, 1.82) is 0 Å². The molecular formula is C18H33NOSiTi. The summed E-state index contributed by atoms with van der Waals surface area (Å²) >= 11 is 0. The largest absolute Gasteiger partial charge is 4.00 e. The number of fused-ring (bicyclic) bond motifs is 1. The zero-order valence-corrected chi connectivity index (χ0v) is 15.4. The van der Waals surface area contributed by atoms with E-state index < -0.39 is 0 Å². The van der Waals surface area contributed by atoms with Gasteiger partial charge in [0.15, 0.2) is 0 Å². The van der Waals surface area contributed by atoms with E-state index in [0.29, 0.717) is 0 Å². The van der Waals surface area contributed by atoms with E-state index >= 15 is 0 Å². The second-order valence-electron chi connectivity index (χ2n) is 4.50. The third kappa shape index (κ3) is 15.7. The number of amides is 1. The molecule has 0 aromatic carbocycles. The summed E-state index contributed by atoms with van der Waals surface area (Å²) in [5.41, 5.74) is 7.66. The molecule has 0 spiro atoms. The first-order valence-corrected chi connectivity index (χ1v) is 6.13. The molecule has 1 saturated carbocycles. The minimum absolute atomic E-state index is 0. The molecule has 1 fully saturated rings. The molecule has 22 heavy (non-hydrogen) atoms. The number of rotatable bonds is 1. The normalized spacial score (nSPS) is 18.6. The summed E-state index contributed by atoms with van der Waals surface area (Å²) in [6.07, 6.45) is 14.1. The average molecular weight is 355 g/mol. The van der Waals surface area contributed by atoms with Crippen LogP contribution in [0.1, 0.15) is 26.7 Å². The first kappa shape index (κ1) is 33.1. The molecule has 0 radical (unpaired) electrons. The van der Waals surface area contributed by atoms with Crippen molar-refractivity contribution >= 4 is 17.4 Å². The summed E-state index contributed by atoms with van der Waals surface area (Å²) in [4.78, 5) is 8.47. The van der Waals surface area contributed by atoms with E-state index in [1.165, 1.54) is 12.8 Å². The molecule has 2 unspecified atom stereocenters. The van der Waals surface area contributed by atoms with Crippen molar-refractivity contribution < 1.29 is 26.5 Å². The van der Waals surface area contributed by atoms with Gasteiger partial charge in [-0.05, 0) is 30.7 Å². The van der Waals surface area contributed by atoms with Gasteiger partial charge in [-0.25, -0.2) is 0 Å². The Morgan fingerprint density at radius 2 is 1.59 bits per heavy atom. The van der Waals surface area contributed by atoms with Crippen LogP contribution in [0.3, 0.4) is 0 Å². The van der Waals surface area contributed by atoms with E-state index in [9.17, 15) is 0 Å². The predicted octanol–water partition coefficient (Wildman–Crippen LogP) is 4.12. The van der Waals surface area contributed by atoms with Crippen molar-refractivity contribution in [1.82, 2.24) is 0 Å². The van der Waals surface area contributed by atoms with Crippen molar-refractivity contribution in [2.45, 2.75) is 26.7 Å². The van der Waals surface area contributed by atoms with Gasteiger partial charge in [0.05, 0.1) is 0 Å². The molecule has 0 aromatic rings. The molecule has 2 rings (SSSR count). The Bertz CT molecular complexity index is 321. The van der Waals surface area contributed by atoms with Crippen molar-refractivity contribution in [3.05, 3.63) is 75.6 Å². The molecule has 2 aliphatic carbocycles. The quantitative estimate of drug-likeness (QED) is 0.302. The fourth-order valence-corrected chi connectivity index (χ4v) is 1.69. The van der Waals surface area contributed by atoms with Gasteiger partial charge in [0, 0.05) is 6.41 Å². The number of nitrogens with one attached hydrogen (secondary N) is 1. The Morgan fingerprint density at radius 1 is 1.18 bits per heavy atom. The van der Waals surface area contributed by atoms with E-state index in [4.69, 9.17) is 10.5 Å². The Hall–Kier alpha value is -0.639. The topological polar surface area (TPSA) is 40.9 Å². The van der Waals surface area contributed by atoms with E-state index in [1.807, 2.05) is 13.8 Å². The second-order valence-corrected chi connectivity index (χ2v) is 4.50. The molecule has 2 aliphatic rings. The van der Waals surface area contributed by atoms with Crippen LogP contribution in [0.15, 0.2) is 48.6 Å². The van der Waals surface area contributed by atoms with Gasteiger partial charge in [-0.2, -0.15) is 6.42 Å². The van der Waals surface area contributed by atoms with Crippen molar-refractivity contribution in [3.8, 4) is 0 Å².